The monoisotopic (exact) mass is 316 g/mol. The van der Waals surface area contributed by atoms with Gasteiger partial charge in [0.2, 0.25) is 0 Å². The van der Waals surface area contributed by atoms with Gasteiger partial charge in [0.25, 0.3) is 0 Å². The Bertz CT molecular complexity index is 416. The average molecular weight is 317 g/mol. The fraction of sp³-hybridized carbons (Fsp3) is 0.538. The molecule has 2 unspecified atom stereocenters. The molecule has 5 heteroatoms. The number of nitrogens with zero attached hydrogens (tertiary/aromatic N) is 1. The van der Waals surface area contributed by atoms with Crippen molar-refractivity contribution in [2.24, 2.45) is 5.73 Å². The van der Waals surface area contributed by atoms with E-state index in [2.05, 4.69) is 27.8 Å². The van der Waals surface area contributed by atoms with Gasteiger partial charge in [-0.15, -0.1) is 0 Å². The van der Waals surface area contributed by atoms with E-state index in [1.807, 2.05) is 0 Å². The third kappa shape index (κ3) is 2.91. The fourth-order valence-corrected chi connectivity index (χ4v) is 2.92. The van der Waals surface area contributed by atoms with Crippen LogP contribution in [0.5, 0.6) is 0 Å². The van der Waals surface area contributed by atoms with Crippen LogP contribution in [0.25, 0.3) is 0 Å². The molecule has 0 aromatic heterocycles. The van der Waals surface area contributed by atoms with Crippen molar-refractivity contribution in [2.45, 2.75) is 19.0 Å². The number of morpholine rings is 1. The molecule has 0 radical (unpaired) electrons. The first-order valence-electron chi connectivity index (χ1n) is 6.12. The second-order valence-corrected chi connectivity index (χ2v) is 5.43. The van der Waals surface area contributed by atoms with Crippen molar-refractivity contribution < 1.29 is 9.13 Å². The van der Waals surface area contributed by atoms with Gasteiger partial charge < -0.3 is 10.5 Å². The first-order chi connectivity index (χ1) is 8.63. The Kier molecular flexibility index (Phi) is 4.72. The van der Waals surface area contributed by atoms with Gasteiger partial charge in [-0.25, -0.2) is 4.39 Å². The molecule has 2 N–H and O–H groups in total. The maximum atomic E-state index is 13.4. The van der Waals surface area contributed by atoms with Crippen LogP contribution in [0, 0.1) is 5.82 Å². The van der Waals surface area contributed by atoms with Gasteiger partial charge >= 0.3 is 0 Å². The summed E-state index contributed by atoms with van der Waals surface area (Å²) < 4.78 is 19.7. The van der Waals surface area contributed by atoms with Crippen LogP contribution in [0.4, 0.5) is 4.39 Å². The summed E-state index contributed by atoms with van der Waals surface area (Å²) in [5.74, 6) is -0.229. The highest BCUT2D eigenvalue weighted by Gasteiger charge is 2.28. The van der Waals surface area contributed by atoms with Crippen LogP contribution in [0.2, 0.25) is 0 Å². The van der Waals surface area contributed by atoms with Gasteiger partial charge in [-0.1, -0.05) is 15.9 Å². The van der Waals surface area contributed by atoms with Crippen molar-refractivity contribution >= 4 is 15.9 Å². The lowest BCUT2D eigenvalue weighted by Crippen LogP contribution is -2.47. The van der Waals surface area contributed by atoms with Crippen LogP contribution in [0.15, 0.2) is 22.7 Å². The Morgan fingerprint density at radius 3 is 3.06 bits per heavy atom. The zero-order valence-electron chi connectivity index (χ0n) is 10.4. The molecule has 0 saturated carbocycles. The standard InChI is InChI=1S/C13H18BrFN2O/c1-9-8-18-5-4-17(9)13(7-16)11-6-10(15)2-3-12(11)14/h2-3,6,9,13H,4-5,7-8,16H2,1H3. The zero-order chi connectivity index (χ0) is 13.1. The van der Waals surface area contributed by atoms with E-state index in [1.165, 1.54) is 6.07 Å². The molecule has 1 heterocycles. The predicted molar refractivity (Wildman–Crippen MR) is 72.9 cm³/mol. The number of ether oxygens (including phenoxy) is 1. The lowest BCUT2D eigenvalue weighted by Gasteiger charge is -2.39. The molecule has 2 atom stereocenters. The van der Waals surface area contributed by atoms with Gasteiger partial charge in [0.15, 0.2) is 0 Å². The molecule has 0 spiro atoms. The summed E-state index contributed by atoms with van der Waals surface area (Å²) >= 11 is 3.48. The van der Waals surface area contributed by atoms with Gasteiger partial charge in [0.05, 0.1) is 13.2 Å². The fourth-order valence-electron chi connectivity index (χ4n) is 2.41. The summed E-state index contributed by atoms with van der Waals surface area (Å²) in [7, 11) is 0. The van der Waals surface area contributed by atoms with E-state index in [-0.39, 0.29) is 11.9 Å². The van der Waals surface area contributed by atoms with E-state index in [9.17, 15) is 4.39 Å². The molecular weight excluding hydrogens is 299 g/mol. The Balaban J connectivity index is 2.29. The van der Waals surface area contributed by atoms with E-state index >= 15 is 0 Å². The third-order valence-electron chi connectivity index (χ3n) is 3.36. The summed E-state index contributed by atoms with van der Waals surface area (Å²) in [6.07, 6.45) is 0. The van der Waals surface area contributed by atoms with E-state index < -0.39 is 0 Å². The Morgan fingerprint density at radius 2 is 2.39 bits per heavy atom. The highest BCUT2D eigenvalue weighted by molar-refractivity contribution is 9.10. The van der Waals surface area contributed by atoms with Gasteiger partial charge in [-0.3, -0.25) is 4.90 Å². The van der Waals surface area contributed by atoms with Gasteiger partial charge in [0.1, 0.15) is 5.82 Å². The maximum Gasteiger partial charge on any atom is 0.123 e. The largest absolute Gasteiger partial charge is 0.379 e. The highest BCUT2D eigenvalue weighted by atomic mass is 79.9. The van der Waals surface area contributed by atoms with Crippen molar-refractivity contribution in [2.75, 3.05) is 26.3 Å². The van der Waals surface area contributed by atoms with Crippen LogP contribution >= 0.6 is 15.9 Å². The van der Waals surface area contributed by atoms with E-state index in [0.29, 0.717) is 25.8 Å². The Labute approximate surface area is 115 Å². The third-order valence-corrected chi connectivity index (χ3v) is 4.08. The number of benzene rings is 1. The van der Waals surface area contributed by atoms with Gasteiger partial charge in [-0.2, -0.15) is 0 Å². The molecule has 0 amide bonds. The van der Waals surface area contributed by atoms with E-state index in [0.717, 1.165) is 16.6 Å². The SMILES string of the molecule is CC1COCCN1C(CN)c1cc(F)ccc1Br. The lowest BCUT2D eigenvalue weighted by molar-refractivity contribution is -0.0211. The number of nitrogens with two attached hydrogens (primary N) is 1. The topological polar surface area (TPSA) is 38.5 Å². The second kappa shape index (κ2) is 6.10. The zero-order valence-corrected chi connectivity index (χ0v) is 12.0. The molecule has 0 aliphatic carbocycles. The molecule has 1 aliphatic heterocycles. The van der Waals surface area contributed by atoms with Crippen molar-refractivity contribution in [3.63, 3.8) is 0 Å². The minimum atomic E-state index is -0.229. The first kappa shape index (κ1) is 13.9. The number of hydrogen-bond acceptors (Lipinski definition) is 3. The second-order valence-electron chi connectivity index (χ2n) is 4.58. The van der Waals surface area contributed by atoms with Crippen molar-refractivity contribution in [3.05, 3.63) is 34.1 Å². The van der Waals surface area contributed by atoms with Crippen LogP contribution in [-0.4, -0.2) is 37.2 Å². The average Bonchev–Trinajstić information content (AvgIpc) is 2.36. The van der Waals surface area contributed by atoms with Crippen molar-refractivity contribution in [1.82, 2.24) is 4.90 Å². The maximum absolute atomic E-state index is 13.4. The van der Waals surface area contributed by atoms with Crippen molar-refractivity contribution in [1.29, 1.82) is 0 Å². The minimum absolute atomic E-state index is 0.0222. The molecule has 18 heavy (non-hydrogen) atoms. The molecule has 1 aromatic carbocycles. The van der Waals surface area contributed by atoms with Crippen LogP contribution in [0.3, 0.4) is 0 Å². The van der Waals surface area contributed by atoms with Crippen LogP contribution in [-0.2, 0) is 4.74 Å². The summed E-state index contributed by atoms with van der Waals surface area (Å²) in [4.78, 5) is 2.28. The summed E-state index contributed by atoms with van der Waals surface area (Å²) in [5, 5.41) is 0. The molecule has 1 aliphatic rings. The van der Waals surface area contributed by atoms with E-state index in [1.54, 1.807) is 12.1 Å². The lowest BCUT2D eigenvalue weighted by atomic mass is 10.0. The summed E-state index contributed by atoms with van der Waals surface area (Å²) in [6, 6.07) is 5.06. The summed E-state index contributed by atoms with van der Waals surface area (Å²) in [5.41, 5.74) is 6.80. The van der Waals surface area contributed by atoms with Gasteiger partial charge in [0, 0.05) is 29.6 Å². The van der Waals surface area contributed by atoms with Gasteiger partial charge in [-0.05, 0) is 30.7 Å². The number of halogens is 2. The predicted octanol–water partition coefficient (Wildman–Crippen LogP) is 2.31. The molecule has 1 fully saturated rings. The Morgan fingerprint density at radius 1 is 1.61 bits per heavy atom. The summed E-state index contributed by atoms with van der Waals surface area (Å²) in [6.45, 7) is 4.80. The molecule has 100 valence electrons. The molecule has 2 rings (SSSR count). The first-order valence-corrected chi connectivity index (χ1v) is 6.91. The smallest absolute Gasteiger partial charge is 0.123 e. The molecule has 0 bridgehead atoms. The highest BCUT2D eigenvalue weighted by Crippen LogP contribution is 2.30. The molecule has 3 nitrogen and oxygen atoms in total. The van der Waals surface area contributed by atoms with Crippen LogP contribution < -0.4 is 5.73 Å². The minimum Gasteiger partial charge on any atom is -0.379 e. The molecular formula is C13H18BrFN2O. The molecule has 1 aromatic rings. The Hall–Kier alpha value is -0.490. The van der Waals surface area contributed by atoms with Crippen molar-refractivity contribution in [3.8, 4) is 0 Å². The molecule has 1 saturated heterocycles. The number of rotatable bonds is 3. The quantitative estimate of drug-likeness (QED) is 0.930. The van der Waals surface area contributed by atoms with E-state index in [4.69, 9.17) is 10.5 Å². The van der Waals surface area contributed by atoms with Crippen LogP contribution in [0.1, 0.15) is 18.5 Å². The number of hydrogen-bond donors (Lipinski definition) is 1. The normalized spacial score (nSPS) is 23.0.